The molecule has 180 valence electrons. The zero-order chi connectivity index (χ0) is 25.4. The second-order valence-corrected chi connectivity index (χ2v) is 11.1. The standard InChI is InChI=1S/C24H26BN5O4S/c1-14(2)35(32,33)18-10-6-16(7-11-18)20-13-28-23(26)22(29-20)21-12-19(30-34-21)15-4-8-17(9-5-15)24(25,31)27-3/h4-14,27,31H,25H2,1-3H3,(H2,26,28). The number of nitrogen functional groups attached to an aromatic ring is 1. The fourth-order valence-electron chi connectivity index (χ4n) is 3.44. The fourth-order valence-corrected chi connectivity index (χ4v) is 4.50. The lowest BCUT2D eigenvalue weighted by atomic mass is 9.83. The summed E-state index contributed by atoms with van der Waals surface area (Å²) in [7, 11) is -0.0187. The van der Waals surface area contributed by atoms with Crippen molar-refractivity contribution in [2.24, 2.45) is 0 Å². The van der Waals surface area contributed by atoms with Crippen LogP contribution in [0.2, 0.25) is 0 Å². The first kappa shape index (κ1) is 24.6. The molecule has 9 nitrogen and oxygen atoms in total. The highest BCUT2D eigenvalue weighted by atomic mass is 32.2. The normalized spacial score (nSPS) is 13.6. The van der Waals surface area contributed by atoms with Crippen molar-refractivity contribution >= 4 is 23.5 Å². The van der Waals surface area contributed by atoms with Crippen molar-refractivity contribution in [1.82, 2.24) is 20.4 Å². The molecule has 2 heterocycles. The van der Waals surface area contributed by atoms with Crippen molar-refractivity contribution in [3.63, 3.8) is 0 Å². The summed E-state index contributed by atoms with van der Waals surface area (Å²) in [5, 5.41) is 16.8. The predicted molar refractivity (Wildman–Crippen MR) is 137 cm³/mol. The Balaban J connectivity index is 1.63. The van der Waals surface area contributed by atoms with Gasteiger partial charge in [0.2, 0.25) is 0 Å². The number of rotatable bonds is 7. The molecule has 0 bridgehead atoms. The van der Waals surface area contributed by atoms with Crippen LogP contribution in [0, 0.1) is 0 Å². The van der Waals surface area contributed by atoms with Crippen LogP contribution >= 0.6 is 0 Å². The molecule has 0 amide bonds. The number of aliphatic hydroxyl groups is 1. The number of anilines is 1. The maximum Gasteiger partial charge on any atom is 0.189 e. The van der Waals surface area contributed by atoms with Gasteiger partial charge in [0, 0.05) is 17.2 Å². The SMILES string of the molecule is BC(O)(NC)c1ccc(-c2cc(-c3nc(-c4ccc(S(=O)(=O)C(C)C)cc4)cnc3N)on2)cc1. The molecule has 35 heavy (non-hydrogen) atoms. The second-order valence-electron chi connectivity index (χ2n) is 8.58. The molecule has 0 saturated heterocycles. The van der Waals surface area contributed by atoms with Crippen molar-refractivity contribution in [3.8, 4) is 34.0 Å². The lowest BCUT2D eigenvalue weighted by Gasteiger charge is -2.23. The molecule has 0 aliphatic carbocycles. The molecule has 0 radical (unpaired) electrons. The molecular weight excluding hydrogens is 465 g/mol. The Hall–Kier alpha value is -3.54. The van der Waals surface area contributed by atoms with Gasteiger partial charge in [-0.05, 0) is 38.6 Å². The minimum Gasteiger partial charge on any atom is -0.382 e. The Kier molecular flexibility index (Phi) is 6.50. The topological polar surface area (TPSA) is 144 Å². The molecular formula is C24H26BN5O4S. The fraction of sp³-hybridized carbons (Fsp3) is 0.208. The summed E-state index contributed by atoms with van der Waals surface area (Å²) in [4.78, 5) is 9.08. The molecule has 1 atom stereocenters. The van der Waals surface area contributed by atoms with Gasteiger partial charge in [0.05, 0.1) is 22.0 Å². The third kappa shape index (κ3) is 4.83. The highest BCUT2D eigenvalue weighted by Gasteiger charge is 2.21. The van der Waals surface area contributed by atoms with Gasteiger partial charge in [-0.2, -0.15) is 0 Å². The highest BCUT2D eigenvalue weighted by molar-refractivity contribution is 7.92. The van der Waals surface area contributed by atoms with Crippen molar-refractivity contribution in [1.29, 1.82) is 0 Å². The number of hydrogen-bond acceptors (Lipinski definition) is 9. The Bertz CT molecular complexity index is 1450. The lowest BCUT2D eigenvalue weighted by Crippen LogP contribution is -2.40. The molecule has 1 unspecified atom stereocenters. The number of aromatic nitrogens is 3. The van der Waals surface area contributed by atoms with Crippen LogP contribution in [0.1, 0.15) is 19.4 Å². The summed E-state index contributed by atoms with van der Waals surface area (Å²) in [5.41, 5.74) is 8.53. The van der Waals surface area contributed by atoms with Crippen LogP contribution in [0.4, 0.5) is 5.82 Å². The molecule has 0 spiro atoms. The average molecular weight is 491 g/mol. The summed E-state index contributed by atoms with van der Waals surface area (Å²) in [5.74, 6) is 0.521. The summed E-state index contributed by atoms with van der Waals surface area (Å²) >= 11 is 0. The quantitative estimate of drug-likeness (QED) is 0.262. The van der Waals surface area contributed by atoms with Gasteiger partial charge in [0.25, 0.3) is 0 Å². The van der Waals surface area contributed by atoms with Gasteiger partial charge in [-0.3, -0.25) is 5.32 Å². The summed E-state index contributed by atoms with van der Waals surface area (Å²) in [6.07, 6.45) is 1.52. The first-order chi connectivity index (χ1) is 16.5. The number of sulfone groups is 1. The monoisotopic (exact) mass is 491 g/mol. The Labute approximate surface area is 204 Å². The average Bonchev–Trinajstić information content (AvgIpc) is 3.34. The molecule has 4 aromatic rings. The van der Waals surface area contributed by atoms with E-state index >= 15 is 0 Å². The molecule has 0 aliphatic rings. The van der Waals surface area contributed by atoms with Crippen LogP contribution in [0.3, 0.4) is 0 Å². The van der Waals surface area contributed by atoms with E-state index in [9.17, 15) is 13.5 Å². The second kappa shape index (κ2) is 9.25. The van der Waals surface area contributed by atoms with Gasteiger partial charge < -0.3 is 15.4 Å². The number of benzene rings is 2. The minimum atomic E-state index is -3.37. The van der Waals surface area contributed by atoms with Crippen LogP contribution in [0.5, 0.6) is 0 Å². The molecule has 0 aliphatic heterocycles. The first-order valence-corrected chi connectivity index (χ1v) is 12.5. The van der Waals surface area contributed by atoms with Crippen molar-refractivity contribution in [3.05, 3.63) is 66.4 Å². The van der Waals surface area contributed by atoms with Crippen molar-refractivity contribution in [2.75, 3.05) is 12.8 Å². The molecule has 4 N–H and O–H groups in total. The lowest BCUT2D eigenvalue weighted by molar-refractivity contribution is 0.0983. The van der Waals surface area contributed by atoms with Crippen molar-refractivity contribution in [2.45, 2.75) is 29.6 Å². The van der Waals surface area contributed by atoms with E-state index in [1.165, 1.54) is 6.20 Å². The van der Waals surface area contributed by atoms with E-state index in [1.807, 2.05) is 12.1 Å². The van der Waals surface area contributed by atoms with E-state index in [4.69, 9.17) is 10.3 Å². The number of nitrogens with zero attached hydrogens (tertiary/aromatic N) is 3. The van der Waals surface area contributed by atoms with Crippen molar-refractivity contribution < 1.29 is 18.0 Å². The van der Waals surface area contributed by atoms with Gasteiger partial charge >= 0.3 is 0 Å². The summed E-state index contributed by atoms with van der Waals surface area (Å²) in [6.45, 7) is 3.29. The Morgan fingerprint density at radius 1 is 1.06 bits per heavy atom. The first-order valence-electron chi connectivity index (χ1n) is 11.0. The van der Waals surface area contributed by atoms with Gasteiger partial charge in [0.15, 0.2) is 35.0 Å². The van der Waals surface area contributed by atoms with E-state index in [2.05, 4.69) is 20.4 Å². The van der Waals surface area contributed by atoms with E-state index < -0.39 is 20.7 Å². The molecule has 2 aromatic heterocycles. The smallest absolute Gasteiger partial charge is 0.189 e. The third-order valence-corrected chi connectivity index (χ3v) is 8.04. The van der Waals surface area contributed by atoms with E-state index in [1.54, 1.807) is 71.2 Å². The molecule has 11 heteroatoms. The van der Waals surface area contributed by atoms with Crippen LogP contribution in [0.15, 0.2) is 70.2 Å². The van der Waals surface area contributed by atoms with Crippen LogP contribution < -0.4 is 11.1 Å². The summed E-state index contributed by atoms with van der Waals surface area (Å²) in [6, 6.07) is 15.5. The maximum absolute atomic E-state index is 12.4. The maximum atomic E-state index is 12.4. The van der Waals surface area contributed by atoms with Crippen LogP contribution in [-0.4, -0.2) is 48.8 Å². The van der Waals surface area contributed by atoms with Crippen LogP contribution in [-0.2, 0) is 15.5 Å². The van der Waals surface area contributed by atoms with E-state index in [-0.39, 0.29) is 10.7 Å². The summed E-state index contributed by atoms with van der Waals surface area (Å²) < 4.78 is 30.3. The molecule has 4 rings (SSSR count). The molecule has 0 saturated carbocycles. The third-order valence-electron chi connectivity index (χ3n) is 5.87. The van der Waals surface area contributed by atoms with Gasteiger partial charge in [-0.15, -0.1) is 0 Å². The number of nitrogens with two attached hydrogens (primary N) is 1. The molecule has 0 fully saturated rings. The van der Waals surface area contributed by atoms with E-state index in [0.29, 0.717) is 34.0 Å². The van der Waals surface area contributed by atoms with Gasteiger partial charge in [-0.25, -0.2) is 18.4 Å². The highest BCUT2D eigenvalue weighted by Crippen LogP contribution is 2.30. The van der Waals surface area contributed by atoms with Gasteiger partial charge in [-0.1, -0.05) is 41.6 Å². The molecule has 2 aromatic carbocycles. The van der Waals surface area contributed by atoms with Crippen LogP contribution in [0.25, 0.3) is 34.0 Å². The minimum absolute atomic E-state index is 0.177. The van der Waals surface area contributed by atoms with Gasteiger partial charge in [0.1, 0.15) is 11.3 Å². The number of nitrogens with one attached hydrogen (secondary N) is 1. The zero-order valence-corrected chi connectivity index (χ0v) is 20.7. The largest absolute Gasteiger partial charge is 0.382 e. The zero-order valence-electron chi connectivity index (χ0n) is 19.9. The van der Waals surface area contributed by atoms with E-state index in [0.717, 1.165) is 5.56 Å². The Morgan fingerprint density at radius 2 is 1.66 bits per heavy atom. The Morgan fingerprint density at radius 3 is 2.26 bits per heavy atom. The number of hydrogen-bond donors (Lipinski definition) is 3. The predicted octanol–water partition coefficient (Wildman–Crippen LogP) is 2.18.